The van der Waals surface area contributed by atoms with Gasteiger partial charge in [0.2, 0.25) is 0 Å². The zero-order chi connectivity index (χ0) is 9.26. The molecule has 0 saturated carbocycles. The number of hydrogen-bond donors (Lipinski definition) is 1. The predicted molar refractivity (Wildman–Crippen MR) is 51.3 cm³/mol. The van der Waals surface area contributed by atoms with Crippen LogP contribution in [0.3, 0.4) is 0 Å². The van der Waals surface area contributed by atoms with Gasteiger partial charge in [0.05, 0.1) is 0 Å². The van der Waals surface area contributed by atoms with Crippen LogP contribution in [-0.4, -0.2) is 16.4 Å². The second-order valence-corrected chi connectivity index (χ2v) is 3.17. The Labute approximate surface area is 81.2 Å². The van der Waals surface area contributed by atoms with E-state index in [2.05, 4.69) is 15.5 Å². The van der Waals surface area contributed by atoms with E-state index in [0.717, 1.165) is 5.82 Å². The number of aromatic nitrogens is 2. The first-order valence-corrected chi connectivity index (χ1v) is 4.35. The molecule has 2 heterocycles. The molecule has 0 radical (unpaired) electrons. The molecular formula is C8H9ClN4. The zero-order valence-corrected chi connectivity index (χ0v) is 7.86. The molecule has 68 valence electrons. The molecule has 1 atom stereocenters. The second-order valence-electron chi connectivity index (χ2n) is 2.78. The standard InChI is InChI=1S/C8H9ClN4/c1-6-10-4-5-13(6)8-3-2-7(9)11-12-8/h2-6,10H,1H3. The Morgan fingerprint density at radius 2 is 2.31 bits per heavy atom. The van der Waals surface area contributed by atoms with Gasteiger partial charge in [-0.15, -0.1) is 10.2 Å². The molecule has 1 unspecified atom stereocenters. The molecule has 0 bridgehead atoms. The molecule has 0 aliphatic carbocycles. The molecule has 0 amide bonds. The fraction of sp³-hybridized carbons (Fsp3) is 0.250. The molecule has 2 rings (SSSR count). The van der Waals surface area contributed by atoms with Gasteiger partial charge in [0.15, 0.2) is 11.0 Å². The maximum absolute atomic E-state index is 5.63. The summed E-state index contributed by atoms with van der Waals surface area (Å²) >= 11 is 5.63. The van der Waals surface area contributed by atoms with Crippen molar-refractivity contribution in [2.75, 3.05) is 4.90 Å². The van der Waals surface area contributed by atoms with Crippen molar-refractivity contribution in [3.05, 3.63) is 29.7 Å². The summed E-state index contributed by atoms with van der Waals surface area (Å²) in [6.45, 7) is 2.04. The molecule has 1 N–H and O–H groups in total. The first-order valence-electron chi connectivity index (χ1n) is 3.97. The minimum atomic E-state index is 0.218. The highest BCUT2D eigenvalue weighted by atomic mass is 35.5. The molecule has 13 heavy (non-hydrogen) atoms. The number of anilines is 1. The summed E-state index contributed by atoms with van der Waals surface area (Å²) in [5, 5.41) is 11.3. The Balaban J connectivity index is 2.25. The molecule has 0 saturated heterocycles. The summed E-state index contributed by atoms with van der Waals surface area (Å²) in [5.41, 5.74) is 0. The lowest BCUT2D eigenvalue weighted by Crippen LogP contribution is -2.32. The average Bonchev–Trinajstić information content (AvgIpc) is 2.53. The van der Waals surface area contributed by atoms with Crippen LogP contribution in [0.4, 0.5) is 5.82 Å². The van der Waals surface area contributed by atoms with Crippen LogP contribution in [0.5, 0.6) is 0 Å². The van der Waals surface area contributed by atoms with Gasteiger partial charge in [0, 0.05) is 12.4 Å². The molecule has 1 aromatic heterocycles. The van der Waals surface area contributed by atoms with Crippen LogP contribution in [0, 0.1) is 0 Å². The number of rotatable bonds is 1. The van der Waals surface area contributed by atoms with Crippen molar-refractivity contribution in [3.63, 3.8) is 0 Å². The molecular weight excluding hydrogens is 188 g/mol. The molecule has 0 spiro atoms. The third-order valence-electron chi connectivity index (χ3n) is 1.87. The van der Waals surface area contributed by atoms with Gasteiger partial charge in [-0.1, -0.05) is 11.6 Å². The maximum Gasteiger partial charge on any atom is 0.157 e. The molecule has 4 nitrogen and oxygen atoms in total. The van der Waals surface area contributed by atoms with Crippen molar-refractivity contribution in [2.24, 2.45) is 0 Å². The van der Waals surface area contributed by atoms with Gasteiger partial charge in [0.1, 0.15) is 6.17 Å². The van der Waals surface area contributed by atoms with E-state index < -0.39 is 0 Å². The topological polar surface area (TPSA) is 41.0 Å². The highest BCUT2D eigenvalue weighted by Gasteiger charge is 2.15. The van der Waals surface area contributed by atoms with Gasteiger partial charge in [-0.05, 0) is 19.1 Å². The van der Waals surface area contributed by atoms with E-state index in [1.807, 2.05) is 30.3 Å². The van der Waals surface area contributed by atoms with Crippen LogP contribution in [0.1, 0.15) is 6.92 Å². The number of nitrogens with zero attached hydrogens (tertiary/aromatic N) is 3. The monoisotopic (exact) mass is 196 g/mol. The molecule has 0 fully saturated rings. The third-order valence-corrected chi connectivity index (χ3v) is 2.07. The smallest absolute Gasteiger partial charge is 0.157 e. The van der Waals surface area contributed by atoms with Gasteiger partial charge < -0.3 is 10.2 Å². The molecule has 1 aliphatic heterocycles. The fourth-order valence-corrected chi connectivity index (χ4v) is 1.29. The molecule has 1 aliphatic rings. The van der Waals surface area contributed by atoms with E-state index >= 15 is 0 Å². The van der Waals surface area contributed by atoms with E-state index in [-0.39, 0.29) is 6.17 Å². The highest BCUT2D eigenvalue weighted by Crippen LogP contribution is 2.16. The highest BCUT2D eigenvalue weighted by molar-refractivity contribution is 6.29. The van der Waals surface area contributed by atoms with E-state index in [1.54, 1.807) is 6.07 Å². The van der Waals surface area contributed by atoms with Gasteiger partial charge in [-0.25, -0.2) is 0 Å². The summed E-state index contributed by atoms with van der Waals surface area (Å²) in [5.74, 6) is 0.790. The second kappa shape index (κ2) is 3.22. The number of halogens is 1. The van der Waals surface area contributed by atoms with Crippen molar-refractivity contribution in [3.8, 4) is 0 Å². The first kappa shape index (κ1) is 8.31. The van der Waals surface area contributed by atoms with Crippen molar-refractivity contribution >= 4 is 17.4 Å². The van der Waals surface area contributed by atoms with E-state index in [1.165, 1.54) is 0 Å². The van der Waals surface area contributed by atoms with Crippen molar-refractivity contribution in [2.45, 2.75) is 13.1 Å². The minimum Gasteiger partial charge on any atom is -0.370 e. The summed E-state index contributed by atoms with van der Waals surface area (Å²) < 4.78 is 0. The predicted octanol–water partition coefficient (Wildman–Crippen LogP) is 1.36. The largest absolute Gasteiger partial charge is 0.370 e. The summed E-state index contributed by atoms with van der Waals surface area (Å²) in [6, 6.07) is 3.56. The van der Waals surface area contributed by atoms with Gasteiger partial charge in [0.25, 0.3) is 0 Å². The van der Waals surface area contributed by atoms with Crippen LogP contribution in [0.15, 0.2) is 24.5 Å². The van der Waals surface area contributed by atoms with Crippen LogP contribution in [0.2, 0.25) is 5.15 Å². The first-order chi connectivity index (χ1) is 6.27. The van der Waals surface area contributed by atoms with E-state index in [4.69, 9.17) is 11.6 Å². The summed E-state index contributed by atoms with van der Waals surface area (Å²) in [7, 11) is 0. The molecule has 1 aromatic rings. The molecule has 5 heteroatoms. The minimum absolute atomic E-state index is 0.218. The lowest BCUT2D eigenvalue weighted by molar-refractivity contribution is 0.674. The molecule has 0 aromatic carbocycles. The Morgan fingerprint density at radius 1 is 1.46 bits per heavy atom. The van der Waals surface area contributed by atoms with Crippen molar-refractivity contribution in [1.29, 1.82) is 0 Å². The van der Waals surface area contributed by atoms with Gasteiger partial charge in [-0.2, -0.15) is 0 Å². The lowest BCUT2D eigenvalue weighted by Gasteiger charge is -2.19. The lowest BCUT2D eigenvalue weighted by atomic mass is 10.4. The van der Waals surface area contributed by atoms with Crippen LogP contribution < -0.4 is 10.2 Å². The zero-order valence-electron chi connectivity index (χ0n) is 7.11. The van der Waals surface area contributed by atoms with Gasteiger partial charge in [-0.3, -0.25) is 0 Å². The Hall–Kier alpha value is -1.29. The van der Waals surface area contributed by atoms with Crippen LogP contribution >= 0.6 is 11.6 Å². The summed E-state index contributed by atoms with van der Waals surface area (Å²) in [6.07, 6.45) is 4.01. The SMILES string of the molecule is CC1NC=CN1c1ccc(Cl)nn1. The van der Waals surface area contributed by atoms with Gasteiger partial charge >= 0.3 is 0 Å². The Morgan fingerprint density at radius 3 is 2.85 bits per heavy atom. The normalized spacial score (nSPS) is 20.5. The van der Waals surface area contributed by atoms with Crippen molar-refractivity contribution < 1.29 is 0 Å². The van der Waals surface area contributed by atoms with E-state index in [9.17, 15) is 0 Å². The average molecular weight is 197 g/mol. The van der Waals surface area contributed by atoms with Crippen LogP contribution in [0.25, 0.3) is 0 Å². The van der Waals surface area contributed by atoms with E-state index in [0.29, 0.717) is 5.15 Å². The van der Waals surface area contributed by atoms with Crippen molar-refractivity contribution in [1.82, 2.24) is 15.5 Å². The fourth-order valence-electron chi connectivity index (χ4n) is 1.19. The summed E-state index contributed by atoms with van der Waals surface area (Å²) in [4.78, 5) is 1.98. The number of nitrogens with one attached hydrogen (secondary N) is 1. The Kier molecular flexibility index (Phi) is 2.06. The Bertz CT molecular complexity index is 321. The number of hydrogen-bond acceptors (Lipinski definition) is 4. The third kappa shape index (κ3) is 1.58. The maximum atomic E-state index is 5.63. The quantitative estimate of drug-likeness (QED) is 0.737. The van der Waals surface area contributed by atoms with Crippen LogP contribution in [-0.2, 0) is 0 Å².